The van der Waals surface area contributed by atoms with Gasteiger partial charge in [0.2, 0.25) is 0 Å². The van der Waals surface area contributed by atoms with Crippen molar-refractivity contribution in [2.45, 2.75) is 6.92 Å². The van der Waals surface area contributed by atoms with Gasteiger partial charge in [-0.15, -0.1) is 0 Å². The highest BCUT2D eigenvalue weighted by Crippen LogP contribution is 2.21. The van der Waals surface area contributed by atoms with Crippen LogP contribution in [0.15, 0.2) is 30.3 Å². The zero-order valence-electron chi connectivity index (χ0n) is 9.77. The Morgan fingerprint density at radius 3 is 2.88 bits per heavy atom. The first-order valence-corrected chi connectivity index (χ1v) is 5.14. The van der Waals surface area contributed by atoms with Gasteiger partial charge in [0.25, 0.3) is 0 Å². The molecule has 0 aliphatic heterocycles. The lowest BCUT2D eigenvalue weighted by atomic mass is 10.1. The van der Waals surface area contributed by atoms with Crippen LogP contribution in [0.3, 0.4) is 0 Å². The van der Waals surface area contributed by atoms with Crippen molar-refractivity contribution in [2.24, 2.45) is 0 Å². The number of carbonyl (C=O) groups excluding carboxylic acids is 1. The van der Waals surface area contributed by atoms with E-state index in [0.29, 0.717) is 11.3 Å². The Hall–Kier alpha value is -2.28. The normalized spacial score (nSPS) is 10.5. The average Bonchev–Trinajstić information content (AvgIpc) is 2.36. The standard InChI is InChI=1S/C13H13NO3/c1-3-17-13(15)12(7-8-14)10-5-4-6-11(9-10)16-2/h4-7,9H,3H2,1-2H3. The van der Waals surface area contributed by atoms with Gasteiger partial charge < -0.3 is 9.47 Å². The van der Waals surface area contributed by atoms with Crippen molar-refractivity contribution in [2.75, 3.05) is 13.7 Å². The van der Waals surface area contributed by atoms with Crippen molar-refractivity contribution in [1.82, 2.24) is 0 Å². The number of esters is 1. The minimum absolute atomic E-state index is 0.230. The van der Waals surface area contributed by atoms with Gasteiger partial charge in [-0.2, -0.15) is 5.26 Å². The number of carbonyl (C=O) groups is 1. The van der Waals surface area contributed by atoms with E-state index in [9.17, 15) is 4.79 Å². The number of nitriles is 1. The second kappa shape index (κ2) is 6.33. The van der Waals surface area contributed by atoms with E-state index in [4.69, 9.17) is 14.7 Å². The van der Waals surface area contributed by atoms with Crippen LogP contribution in [0.1, 0.15) is 12.5 Å². The molecule has 0 saturated carbocycles. The summed E-state index contributed by atoms with van der Waals surface area (Å²) in [5.41, 5.74) is 0.831. The van der Waals surface area contributed by atoms with E-state index >= 15 is 0 Å². The van der Waals surface area contributed by atoms with Crippen molar-refractivity contribution in [3.63, 3.8) is 0 Å². The third-order valence-electron chi connectivity index (χ3n) is 2.08. The molecule has 0 aliphatic carbocycles. The second-order valence-electron chi connectivity index (χ2n) is 3.14. The number of hydrogen-bond acceptors (Lipinski definition) is 4. The second-order valence-corrected chi connectivity index (χ2v) is 3.14. The minimum Gasteiger partial charge on any atom is -0.497 e. The summed E-state index contributed by atoms with van der Waals surface area (Å²) in [7, 11) is 1.54. The molecule has 17 heavy (non-hydrogen) atoms. The molecular weight excluding hydrogens is 218 g/mol. The molecule has 0 fully saturated rings. The molecular formula is C13H13NO3. The predicted molar refractivity (Wildman–Crippen MR) is 63.2 cm³/mol. The van der Waals surface area contributed by atoms with Gasteiger partial charge in [-0.25, -0.2) is 4.79 Å². The van der Waals surface area contributed by atoms with Gasteiger partial charge in [-0.1, -0.05) is 12.1 Å². The van der Waals surface area contributed by atoms with Crippen LogP contribution in [0, 0.1) is 11.3 Å². The van der Waals surface area contributed by atoms with Gasteiger partial charge in [-0.05, 0) is 24.6 Å². The van der Waals surface area contributed by atoms with E-state index < -0.39 is 5.97 Å². The first-order valence-electron chi connectivity index (χ1n) is 5.14. The molecule has 1 aromatic carbocycles. The Morgan fingerprint density at radius 1 is 1.53 bits per heavy atom. The molecule has 0 unspecified atom stereocenters. The van der Waals surface area contributed by atoms with Gasteiger partial charge in [0.15, 0.2) is 0 Å². The predicted octanol–water partition coefficient (Wildman–Crippen LogP) is 2.17. The smallest absolute Gasteiger partial charge is 0.339 e. The molecule has 4 nitrogen and oxygen atoms in total. The van der Waals surface area contributed by atoms with Gasteiger partial charge >= 0.3 is 5.97 Å². The lowest BCUT2D eigenvalue weighted by Gasteiger charge is -2.07. The van der Waals surface area contributed by atoms with E-state index in [0.717, 1.165) is 0 Å². The first kappa shape index (κ1) is 12.8. The maximum absolute atomic E-state index is 11.7. The van der Waals surface area contributed by atoms with Crippen LogP contribution in [0.5, 0.6) is 5.75 Å². The monoisotopic (exact) mass is 231 g/mol. The third kappa shape index (κ3) is 3.35. The molecule has 0 amide bonds. The summed E-state index contributed by atoms with van der Waals surface area (Å²) in [6, 6.07) is 8.76. The first-order chi connectivity index (χ1) is 8.22. The highest BCUT2D eigenvalue weighted by molar-refractivity contribution is 6.17. The number of rotatable bonds is 4. The SMILES string of the molecule is CCOC(=O)C(=CC#N)c1cccc(OC)c1. The summed E-state index contributed by atoms with van der Waals surface area (Å²) >= 11 is 0. The minimum atomic E-state index is -0.512. The number of benzene rings is 1. The fraction of sp³-hybridized carbons (Fsp3) is 0.231. The van der Waals surface area contributed by atoms with Crippen molar-refractivity contribution >= 4 is 11.5 Å². The molecule has 4 heteroatoms. The van der Waals surface area contributed by atoms with E-state index in [-0.39, 0.29) is 12.2 Å². The van der Waals surface area contributed by atoms with Crippen LogP contribution in [0.4, 0.5) is 0 Å². The Morgan fingerprint density at radius 2 is 2.29 bits per heavy atom. The maximum Gasteiger partial charge on any atom is 0.339 e. The Labute approximate surface area is 100 Å². The summed E-state index contributed by atoms with van der Waals surface area (Å²) in [6.45, 7) is 1.99. The Balaban J connectivity index is 3.11. The number of nitrogens with zero attached hydrogens (tertiary/aromatic N) is 1. The fourth-order valence-electron chi connectivity index (χ4n) is 1.32. The molecule has 0 spiro atoms. The summed E-state index contributed by atoms with van der Waals surface area (Å²) in [4.78, 5) is 11.7. The Bertz CT molecular complexity index is 472. The highest BCUT2D eigenvalue weighted by atomic mass is 16.5. The summed E-state index contributed by atoms with van der Waals surface area (Å²) < 4.78 is 9.95. The third-order valence-corrected chi connectivity index (χ3v) is 2.08. The Kier molecular flexibility index (Phi) is 4.77. The van der Waals surface area contributed by atoms with E-state index in [1.54, 1.807) is 31.2 Å². The zero-order chi connectivity index (χ0) is 12.7. The topological polar surface area (TPSA) is 59.3 Å². The molecule has 0 aromatic heterocycles. The summed E-state index contributed by atoms with van der Waals surface area (Å²) in [5, 5.41) is 8.68. The quantitative estimate of drug-likeness (QED) is 0.452. The molecule has 1 rings (SSSR count). The fourth-order valence-corrected chi connectivity index (χ4v) is 1.32. The lowest BCUT2D eigenvalue weighted by Crippen LogP contribution is -2.06. The number of allylic oxidation sites excluding steroid dienone is 1. The van der Waals surface area contributed by atoms with Crippen LogP contribution in [-0.4, -0.2) is 19.7 Å². The number of methoxy groups -OCH3 is 1. The number of hydrogen-bond donors (Lipinski definition) is 0. The van der Waals surface area contributed by atoms with Crippen molar-refractivity contribution in [3.05, 3.63) is 35.9 Å². The summed E-state index contributed by atoms with van der Waals surface area (Å²) in [5.74, 6) is 0.109. The van der Waals surface area contributed by atoms with Crippen LogP contribution >= 0.6 is 0 Å². The summed E-state index contributed by atoms with van der Waals surface area (Å²) in [6.07, 6.45) is 1.17. The van der Waals surface area contributed by atoms with Crippen molar-refractivity contribution in [3.8, 4) is 11.8 Å². The average molecular weight is 231 g/mol. The molecule has 0 atom stereocenters. The maximum atomic E-state index is 11.7. The molecule has 0 bridgehead atoms. The van der Waals surface area contributed by atoms with Crippen LogP contribution in [-0.2, 0) is 9.53 Å². The van der Waals surface area contributed by atoms with Gasteiger partial charge in [0, 0.05) is 6.08 Å². The highest BCUT2D eigenvalue weighted by Gasteiger charge is 2.13. The molecule has 0 aliphatic rings. The molecule has 0 heterocycles. The zero-order valence-corrected chi connectivity index (χ0v) is 9.77. The lowest BCUT2D eigenvalue weighted by molar-refractivity contribution is -0.136. The van der Waals surface area contributed by atoms with Gasteiger partial charge in [-0.3, -0.25) is 0 Å². The molecule has 88 valence electrons. The van der Waals surface area contributed by atoms with Crippen LogP contribution < -0.4 is 4.74 Å². The number of ether oxygens (including phenoxy) is 2. The van der Waals surface area contributed by atoms with Crippen LogP contribution in [0.2, 0.25) is 0 Å². The van der Waals surface area contributed by atoms with E-state index in [1.807, 2.05) is 6.07 Å². The van der Waals surface area contributed by atoms with Crippen molar-refractivity contribution < 1.29 is 14.3 Å². The van der Waals surface area contributed by atoms with E-state index in [2.05, 4.69) is 0 Å². The van der Waals surface area contributed by atoms with Gasteiger partial charge in [0.05, 0.1) is 25.4 Å². The van der Waals surface area contributed by atoms with Crippen LogP contribution in [0.25, 0.3) is 5.57 Å². The molecule has 0 saturated heterocycles. The molecule has 1 aromatic rings. The molecule has 0 N–H and O–H groups in total. The van der Waals surface area contributed by atoms with Crippen molar-refractivity contribution in [1.29, 1.82) is 5.26 Å². The van der Waals surface area contributed by atoms with E-state index in [1.165, 1.54) is 13.2 Å². The molecule has 0 radical (unpaired) electrons. The van der Waals surface area contributed by atoms with Gasteiger partial charge in [0.1, 0.15) is 5.75 Å². The largest absolute Gasteiger partial charge is 0.497 e.